The van der Waals surface area contributed by atoms with Gasteiger partial charge in [0, 0.05) is 11.1 Å². The number of carbonyl (C=O) groups excluding carboxylic acids is 2. The van der Waals surface area contributed by atoms with Gasteiger partial charge in [0.25, 0.3) is 0 Å². The minimum Gasteiger partial charge on any atom is -0.409 e. The number of nitrogens with zero attached hydrogens (tertiary/aromatic N) is 1. The molecule has 0 heterocycles. The molecule has 0 radical (unpaired) electrons. The lowest BCUT2D eigenvalue weighted by molar-refractivity contribution is 0.104. The van der Waals surface area contributed by atoms with Gasteiger partial charge in [-0.25, -0.2) is 9.69 Å². The lowest BCUT2D eigenvalue weighted by atomic mass is 10.1. The molecule has 0 bridgehead atoms. The smallest absolute Gasteiger partial charge is 0.409 e. The Morgan fingerprint density at radius 3 is 1.85 bits per heavy atom. The van der Waals surface area contributed by atoms with Crippen molar-refractivity contribution in [2.45, 2.75) is 6.92 Å². The fourth-order valence-electron chi connectivity index (χ4n) is 3.34. The first kappa shape index (κ1) is 21.8. The summed E-state index contributed by atoms with van der Waals surface area (Å²) < 4.78 is 5.79. The van der Waals surface area contributed by atoms with Crippen molar-refractivity contribution in [2.75, 3.05) is 4.90 Å². The quantitative estimate of drug-likeness (QED) is 0.238. The molecule has 0 spiro atoms. The van der Waals surface area contributed by atoms with E-state index in [1.165, 1.54) is 11.0 Å². The van der Waals surface area contributed by atoms with Crippen LogP contribution in [0.1, 0.15) is 21.5 Å². The summed E-state index contributed by atoms with van der Waals surface area (Å²) in [5, 5.41) is 0. The van der Waals surface area contributed by atoms with Gasteiger partial charge in [-0.1, -0.05) is 84.4 Å². The summed E-state index contributed by atoms with van der Waals surface area (Å²) in [6, 6.07) is 33.2. The predicted octanol–water partition coefficient (Wildman–Crippen LogP) is 7.23. The molecule has 0 aliphatic carbocycles. The molecule has 0 N–H and O–H groups in total. The lowest BCUT2D eigenvalue weighted by Gasteiger charge is -2.22. The maximum absolute atomic E-state index is 13.3. The van der Waals surface area contributed by atoms with Crippen molar-refractivity contribution in [3.8, 4) is 5.75 Å². The number of hydrogen-bond acceptors (Lipinski definition) is 3. The van der Waals surface area contributed by atoms with Crippen molar-refractivity contribution in [1.82, 2.24) is 0 Å². The van der Waals surface area contributed by atoms with Gasteiger partial charge in [0.2, 0.25) is 0 Å². The number of para-hydroxylation sites is 3. The molecule has 4 heteroatoms. The van der Waals surface area contributed by atoms with Crippen molar-refractivity contribution >= 4 is 29.3 Å². The fourth-order valence-corrected chi connectivity index (χ4v) is 3.34. The van der Waals surface area contributed by atoms with Crippen LogP contribution < -0.4 is 9.64 Å². The Kier molecular flexibility index (Phi) is 6.76. The van der Waals surface area contributed by atoms with Crippen LogP contribution in [0.25, 0.3) is 6.08 Å². The van der Waals surface area contributed by atoms with Gasteiger partial charge in [-0.3, -0.25) is 4.79 Å². The number of carbonyl (C=O) groups is 2. The Labute approximate surface area is 193 Å². The highest BCUT2D eigenvalue weighted by atomic mass is 16.6. The van der Waals surface area contributed by atoms with E-state index in [0.717, 1.165) is 5.56 Å². The van der Waals surface area contributed by atoms with E-state index in [1.54, 1.807) is 36.4 Å². The molecule has 0 aliphatic heterocycles. The molecular weight excluding hydrogens is 410 g/mol. The maximum Gasteiger partial charge on any atom is 0.424 e. The number of aryl methyl sites for hydroxylation is 1. The molecule has 0 atom stereocenters. The third kappa shape index (κ3) is 5.43. The number of allylic oxidation sites excluding steroid dienone is 1. The minimum atomic E-state index is -0.543. The van der Waals surface area contributed by atoms with E-state index in [-0.39, 0.29) is 5.78 Å². The highest BCUT2D eigenvalue weighted by Gasteiger charge is 2.20. The molecule has 0 aliphatic rings. The number of amides is 1. The third-order valence-corrected chi connectivity index (χ3v) is 5.08. The Hall–Kier alpha value is -4.44. The van der Waals surface area contributed by atoms with Crippen LogP contribution in [0.15, 0.2) is 115 Å². The van der Waals surface area contributed by atoms with E-state index < -0.39 is 6.09 Å². The van der Waals surface area contributed by atoms with E-state index >= 15 is 0 Å². The van der Waals surface area contributed by atoms with Crippen LogP contribution in [-0.2, 0) is 0 Å². The average Bonchev–Trinajstić information content (AvgIpc) is 2.85. The molecule has 4 rings (SSSR count). The molecule has 0 aromatic heterocycles. The van der Waals surface area contributed by atoms with Crippen molar-refractivity contribution in [1.29, 1.82) is 0 Å². The van der Waals surface area contributed by atoms with Gasteiger partial charge < -0.3 is 4.74 Å². The zero-order chi connectivity index (χ0) is 23.0. The number of ether oxygens (including phenoxy) is 1. The van der Waals surface area contributed by atoms with Crippen LogP contribution in [0, 0.1) is 6.92 Å². The highest BCUT2D eigenvalue weighted by molar-refractivity contribution is 6.07. The van der Waals surface area contributed by atoms with Crippen LogP contribution >= 0.6 is 0 Å². The van der Waals surface area contributed by atoms with Gasteiger partial charge in [0.1, 0.15) is 5.75 Å². The van der Waals surface area contributed by atoms with Gasteiger partial charge in [-0.15, -0.1) is 0 Å². The van der Waals surface area contributed by atoms with Crippen molar-refractivity contribution in [3.63, 3.8) is 0 Å². The zero-order valence-electron chi connectivity index (χ0n) is 18.2. The number of anilines is 2. The first-order valence-corrected chi connectivity index (χ1v) is 10.6. The molecule has 4 aromatic rings. The molecule has 33 heavy (non-hydrogen) atoms. The summed E-state index contributed by atoms with van der Waals surface area (Å²) in [5.41, 5.74) is 3.71. The van der Waals surface area contributed by atoms with E-state index in [0.29, 0.717) is 28.3 Å². The summed E-state index contributed by atoms with van der Waals surface area (Å²) in [4.78, 5) is 27.3. The van der Waals surface area contributed by atoms with E-state index in [4.69, 9.17) is 4.74 Å². The standard InChI is InChI=1S/C29H23NO3/c1-22-16-18-23(19-17-22)27(31)21-20-24-10-8-9-15-28(24)33-29(32)30(25-11-4-2-5-12-25)26-13-6-3-7-14-26/h2-21H,1H3/b21-20+. The van der Waals surface area contributed by atoms with Gasteiger partial charge >= 0.3 is 6.09 Å². The fraction of sp³-hybridized carbons (Fsp3) is 0.0345. The van der Waals surface area contributed by atoms with Crippen LogP contribution in [0.3, 0.4) is 0 Å². The second kappa shape index (κ2) is 10.2. The first-order chi connectivity index (χ1) is 16.1. The van der Waals surface area contributed by atoms with Crippen LogP contribution in [0.4, 0.5) is 16.2 Å². The molecule has 0 fully saturated rings. The average molecular weight is 434 g/mol. The topological polar surface area (TPSA) is 46.6 Å². The normalized spacial score (nSPS) is 10.7. The second-order valence-electron chi connectivity index (χ2n) is 7.48. The predicted molar refractivity (Wildman–Crippen MR) is 132 cm³/mol. The summed E-state index contributed by atoms with van der Waals surface area (Å²) in [7, 11) is 0. The van der Waals surface area contributed by atoms with E-state index in [2.05, 4.69) is 0 Å². The molecular formula is C29H23NO3. The third-order valence-electron chi connectivity index (χ3n) is 5.08. The maximum atomic E-state index is 13.3. The Bertz CT molecular complexity index is 1220. The van der Waals surface area contributed by atoms with Crippen molar-refractivity contribution < 1.29 is 14.3 Å². The largest absolute Gasteiger partial charge is 0.424 e. The Balaban J connectivity index is 1.59. The zero-order valence-corrected chi connectivity index (χ0v) is 18.2. The molecule has 0 saturated heterocycles. The summed E-state index contributed by atoms with van der Waals surface area (Å²) in [6.45, 7) is 1.98. The molecule has 0 unspecified atom stereocenters. The van der Waals surface area contributed by atoms with E-state index in [1.807, 2.05) is 85.8 Å². The van der Waals surface area contributed by atoms with Gasteiger partial charge in [0.15, 0.2) is 5.78 Å². The van der Waals surface area contributed by atoms with Crippen LogP contribution in [-0.4, -0.2) is 11.9 Å². The molecule has 162 valence electrons. The molecule has 4 nitrogen and oxygen atoms in total. The summed E-state index contributed by atoms with van der Waals surface area (Å²) in [6.07, 6.45) is 2.61. The number of rotatable bonds is 6. The highest BCUT2D eigenvalue weighted by Crippen LogP contribution is 2.28. The molecule has 0 saturated carbocycles. The number of hydrogen-bond donors (Lipinski definition) is 0. The van der Waals surface area contributed by atoms with Gasteiger partial charge in [0.05, 0.1) is 11.4 Å². The summed E-state index contributed by atoms with van der Waals surface area (Å²) in [5.74, 6) is 0.249. The monoisotopic (exact) mass is 433 g/mol. The minimum absolute atomic E-state index is 0.119. The van der Waals surface area contributed by atoms with Gasteiger partial charge in [-0.05, 0) is 49.4 Å². The summed E-state index contributed by atoms with van der Waals surface area (Å²) >= 11 is 0. The Morgan fingerprint density at radius 2 is 1.24 bits per heavy atom. The Morgan fingerprint density at radius 1 is 0.697 bits per heavy atom. The first-order valence-electron chi connectivity index (χ1n) is 10.6. The molecule has 4 aromatic carbocycles. The number of ketones is 1. The van der Waals surface area contributed by atoms with Crippen molar-refractivity contribution in [2.24, 2.45) is 0 Å². The van der Waals surface area contributed by atoms with Crippen LogP contribution in [0.5, 0.6) is 5.75 Å². The van der Waals surface area contributed by atoms with E-state index in [9.17, 15) is 9.59 Å². The van der Waals surface area contributed by atoms with Crippen LogP contribution in [0.2, 0.25) is 0 Å². The SMILES string of the molecule is Cc1ccc(C(=O)/C=C/c2ccccc2OC(=O)N(c2ccccc2)c2ccccc2)cc1. The lowest BCUT2D eigenvalue weighted by Crippen LogP contribution is -2.29. The second-order valence-corrected chi connectivity index (χ2v) is 7.48. The van der Waals surface area contributed by atoms with Gasteiger partial charge in [-0.2, -0.15) is 0 Å². The number of benzene rings is 4. The molecule has 1 amide bonds. The van der Waals surface area contributed by atoms with Crippen molar-refractivity contribution in [3.05, 3.63) is 132 Å².